The number of fused-ring (bicyclic) bond motifs is 1. The van der Waals surface area contributed by atoms with Crippen LogP contribution in [0, 0.1) is 0 Å². The second-order valence-electron chi connectivity index (χ2n) is 9.00. The highest BCUT2D eigenvalue weighted by Gasteiger charge is 2.29. The first-order chi connectivity index (χ1) is 19.9. The Balaban J connectivity index is 1.43. The highest BCUT2D eigenvalue weighted by molar-refractivity contribution is 7.54. The van der Waals surface area contributed by atoms with E-state index in [1.165, 1.54) is 17.4 Å². The van der Waals surface area contributed by atoms with Crippen molar-refractivity contribution in [2.24, 2.45) is 0 Å². The largest absolute Gasteiger partial charge is 0.456 e. The fourth-order valence-corrected chi connectivity index (χ4v) is 5.68. The molecule has 0 atom stereocenters. The smallest absolute Gasteiger partial charge is 0.415 e. The second kappa shape index (κ2) is 14.0. The summed E-state index contributed by atoms with van der Waals surface area (Å²) in [6.45, 7) is 12.2. The van der Waals surface area contributed by atoms with Crippen LogP contribution in [0.15, 0.2) is 61.2 Å². The van der Waals surface area contributed by atoms with Crippen LogP contribution in [0.3, 0.4) is 0 Å². The number of hydrogen-bond acceptors (Lipinski definition) is 11. The van der Waals surface area contributed by atoms with Crippen LogP contribution in [0.25, 0.3) is 11.2 Å². The quantitative estimate of drug-likeness (QED) is 0.143. The molecule has 220 valence electrons. The van der Waals surface area contributed by atoms with Crippen molar-refractivity contribution in [2.45, 2.75) is 27.7 Å². The van der Waals surface area contributed by atoms with Crippen LogP contribution in [0.2, 0.25) is 0 Å². The van der Waals surface area contributed by atoms with Crippen molar-refractivity contribution >= 4 is 36.0 Å². The summed E-state index contributed by atoms with van der Waals surface area (Å²) in [7, 11) is -3.78. The Kier molecular flexibility index (Phi) is 10.3. The summed E-state index contributed by atoms with van der Waals surface area (Å²) >= 11 is 0. The molecule has 2 aromatic heterocycles. The Labute approximate surface area is 240 Å². The van der Waals surface area contributed by atoms with Gasteiger partial charge in [0.15, 0.2) is 17.7 Å². The summed E-state index contributed by atoms with van der Waals surface area (Å²) in [5, 5.41) is 0. The molecule has 0 aliphatic rings. The van der Waals surface area contributed by atoms with Gasteiger partial charge in [-0.15, -0.1) is 0 Å². The molecule has 0 amide bonds. The van der Waals surface area contributed by atoms with Crippen LogP contribution >= 0.6 is 7.60 Å². The fraction of sp³-hybridized carbons (Fsp3) is 0.393. The molecule has 0 unspecified atom stereocenters. The summed E-state index contributed by atoms with van der Waals surface area (Å²) in [5.41, 5.74) is 8.81. The summed E-state index contributed by atoms with van der Waals surface area (Å²) in [5.74, 6) is 1.11. The first kappa shape index (κ1) is 30.0. The van der Waals surface area contributed by atoms with Gasteiger partial charge in [0, 0.05) is 37.6 Å². The molecule has 0 aliphatic heterocycles. The average molecular weight is 584 g/mol. The van der Waals surface area contributed by atoms with Crippen molar-refractivity contribution in [3.63, 3.8) is 0 Å². The van der Waals surface area contributed by atoms with Gasteiger partial charge in [0.25, 0.3) is 0 Å². The van der Waals surface area contributed by atoms with Gasteiger partial charge in [0.2, 0.25) is 5.65 Å². The third-order valence-corrected chi connectivity index (χ3v) is 7.94. The predicted octanol–water partition coefficient (Wildman–Crippen LogP) is 4.85. The lowest BCUT2D eigenvalue weighted by Gasteiger charge is -2.23. The van der Waals surface area contributed by atoms with Crippen LogP contribution in [0.5, 0.6) is 11.5 Å². The number of aromatic nitrogens is 4. The normalized spacial score (nSPS) is 11.4. The van der Waals surface area contributed by atoms with Crippen LogP contribution < -0.4 is 29.4 Å². The zero-order valence-electron chi connectivity index (χ0n) is 24.0. The summed E-state index contributed by atoms with van der Waals surface area (Å²) in [4.78, 5) is 22.3. The molecule has 2 heterocycles. The van der Waals surface area contributed by atoms with Gasteiger partial charge in [-0.1, -0.05) is 0 Å². The summed E-state index contributed by atoms with van der Waals surface area (Å²) in [6, 6.07) is 14.9. The van der Waals surface area contributed by atoms with E-state index in [0.717, 1.165) is 37.6 Å². The van der Waals surface area contributed by atoms with Crippen molar-refractivity contribution in [2.75, 3.05) is 61.3 Å². The third-order valence-electron chi connectivity index (χ3n) is 6.46. The zero-order chi connectivity index (χ0) is 29.2. The van der Waals surface area contributed by atoms with Gasteiger partial charge in [0.05, 0.1) is 6.61 Å². The molecule has 2 aromatic carbocycles. The van der Waals surface area contributed by atoms with Crippen molar-refractivity contribution in [3.05, 3.63) is 61.2 Å². The van der Waals surface area contributed by atoms with Crippen LogP contribution in [0.4, 0.5) is 17.2 Å². The molecule has 4 aromatic rings. The minimum Gasteiger partial charge on any atom is -0.415 e. The highest BCUT2D eigenvalue weighted by atomic mass is 31.2. The van der Waals surface area contributed by atoms with E-state index in [4.69, 9.17) is 24.4 Å². The maximum Gasteiger partial charge on any atom is 0.456 e. The zero-order valence-corrected chi connectivity index (χ0v) is 24.9. The van der Waals surface area contributed by atoms with E-state index in [-0.39, 0.29) is 25.4 Å². The van der Waals surface area contributed by atoms with Crippen LogP contribution in [0.1, 0.15) is 27.7 Å². The summed E-state index contributed by atoms with van der Waals surface area (Å²) in [6.07, 6.45) is 2.51. The maximum atomic E-state index is 13.9. The van der Waals surface area contributed by atoms with E-state index in [9.17, 15) is 4.57 Å². The van der Waals surface area contributed by atoms with Gasteiger partial charge in [-0.05, 0) is 76.2 Å². The van der Waals surface area contributed by atoms with E-state index in [0.29, 0.717) is 22.7 Å². The number of imidazole rings is 1. The van der Waals surface area contributed by atoms with E-state index in [1.807, 2.05) is 24.3 Å². The van der Waals surface area contributed by atoms with Gasteiger partial charge >= 0.3 is 7.60 Å². The molecule has 0 bridgehead atoms. The van der Waals surface area contributed by atoms with E-state index < -0.39 is 7.60 Å². The molecule has 12 nitrogen and oxygen atoms in total. The predicted molar refractivity (Wildman–Crippen MR) is 161 cm³/mol. The Morgan fingerprint density at radius 3 is 1.83 bits per heavy atom. The Morgan fingerprint density at radius 1 is 0.780 bits per heavy atom. The monoisotopic (exact) mass is 583 g/mol. The molecular weight excluding hydrogens is 545 g/mol. The van der Waals surface area contributed by atoms with Crippen molar-refractivity contribution < 1.29 is 23.2 Å². The topological polar surface area (TPSA) is 130 Å². The molecule has 0 aliphatic carbocycles. The third kappa shape index (κ3) is 7.59. The average Bonchev–Trinajstić information content (AvgIpc) is 3.40. The van der Waals surface area contributed by atoms with E-state index in [2.05, 4.69) is 52.4 Å². The first-order valence-corrected chi connectivity index (χ1v) is 15.4. The van der Waals surface area contributed by atoms with Gasteiger partial charge < -0.3 is 34.2 Å². The second-order valence-corrected chi connectivity index (χ2v) is 10.8. The lowest BCUT2D eigenvalue weighted by atomic mass is 10.2. The fourth-order valence-electron chi connectivity index (χ4n) is 4.30. The molecule has 0 saturated carbocycles. The number of nitrogens with two attached hydrogens (primary N) is 1. The lowest BCUT2D eigenvalue weighted by molar-refractivity contribution is 0.0528. The van der Waals surface area contributed by atoms with Gasteiger partial charge in [-0.3, -0.25) is 0 Å². The molecule has 0 radical (unpaired) electrons. The van der Waals surface area contributed by atoms with Crippen molar-refractivity contribution in [1.29, 1.82) is 0 Å². The van der Waals surface area contributed by atoms with Crippen LogP contribution in [-0.4, -0.2) is 65.4 Å². The number of hydrogen-bond donors (Lipinski definition) is 1. The molecule has 4 rings (SSSR count). The Morgan fingerprint density at radius 2 is 1.32 bits per heavy atom. The lowest BCUT2D eigenvalue weighted by Crippen LogP contribution is -2.21. The van der Waals surface area contributed by atoms with E-state index in [1.54, 1.807) is 24.3 Å². The summed E-state index contributed by atoms with van der Waals surface area (Å²) < 4.78 is 32.9. The molecule has 13 heteroatoms. The minimum atomic E-state index is -3.78. The van der Waals surface area contributed by atoms with E-state index >= 15 is 0 Å². The Bertz CT molecular complexity index is 1360. The molecule has 0 spiro atoms. The Hall–Kier alpha value is -4.02. The van der Waals surface area contributed by atoms with Crippen LogP contribution in [-0.2, 0) is 9.30 Å². The molecule has 0 saturated heterocycles. The van der Waals surface area contributed by atoms with Gasteiger partial charge in [-0.25, -0.2) is 19.5 Å². The highest BCUT2D eigenvalue weighted by Crippen LogP contribution is 2.49. The molecule has 41 heavy (non-hydrogen) atoms. The maximum absolute atomic E-state index is 13.9. The minimum absolute atomic E-state index is 0.110. The van der Waals surface area contributed by atoms with Crippen molar-refractivity contribution in [3.8, 4) is 11.5 Å². The number of ether oxygens (including phenoxy) is 1. The molecule has 0 fully saturated rings. The molecule has 2 N–H and O–H groups in total. The number of anilines is 3. The van der Waals surface area contributed by atoms with Gasteiger partial charge in [0.1, 0.15) is 30.8 Å². The number of nitrogen functional groups attached to an aromatic ring is 1. The molecular formula is C28H38N7O5P. The van der Waals surface area contributed by atoms with Gasteiger partial charge in [-0.2, -0.15) is 4.73 Å². The number of nitrogens with zero attached hydrogens (tertiary/aromatic N) is 6. The SMILES string of the molecule is CCN(CC)c1ccc(OP(=O)(COCCOn2cnc3c(N)ncnc32)Oc2ccc(N(CC)CC)cc2)cc1. The standard InChI is InChI=1S/C28H38N7O5P/c1-5-33(6-2)22-9-13-24(14-10-22)39-41(36,40-25-15-11-23(12-16-25)34(7-3)8-4)21-37-17-18-38-35-20-32-26-27(29)30-19-31-28(26)35/h9-16,19-20H,5-8,17-18,21H2,1-4H3,(H2,29,30,31). The first-order valence-electron chi connectivity index (χ1n) is 13.7. The number of rotatable bonds is 16. The number of benzene rings is 2. The van der Waals surface area contributed by atoms with Crippen molar-refractivity contribution in [1.82, 2.24) is 19.7 Å².